The van der Waals surface area contributed by atoms with Gasteiger partial charge in [0.05, 0.1) is 24.3 Å². The van der Waals surface area contributed by atoms with Gasteiger partial charge in [0.25, 0.3) is 5.91 Å². The van der Waals surface area contributed by atoms with Crippen LogP contribution >= 0.6 is 0 Å². The van der Waals surface area contributed by atoms with E-state index in [4.69, 9.17) is 5.73 Å². The SMILES string of the molecule is Nc1cccc(C(=O)N2Cc3[nH]cnc3CC2C(=O)O)c1. The van der Waals surface area contributed by atoms with Crippen molar-refractivity contribution in [1.29, 1.82) is 0 Å². The Morgan fingerprint density at radius 3 is 2.95 bits per heavy atom. The lowest BCUT2D eigenvalue weighted by molar-refractivity contribution is -0.142. The average Bonchev–Trinajstić information content (AvgIpc) is 2.92. The van der Waals surface area contributed by atoms with Gasteiger partial charge in [-0.3, -0.25) is 4.79 Å². The molecule has 2 heterocycles. The number of carboxylic acids is 1. The number of carbonyl (C=O) groups is 2. The minimum absolute atomic E-state index is 0.194. The van der Waals surface area contributed by atoms with Crippen LogP contribution in [0.25, 0.3) is 0 Å². The number of H-pyrrole nitrogens is 1. The van der Waals surface area contributed by atoms with E-state index >= 15 is 0 Å². The quantitative estimate of drug-likeness (QED) is 0.701. The van der Waals surface area contributed by atoms with E-state index in [1.165, 1.54) is 11.2 Å². The number of carbonyl (C=O) groups excluding carboxylic acids is 1. The average molecular weight is 286 g/mol. The molecule has 1 aliphatic heterocycles. The van der Waals surface area contributed by atoms with Crippen molar-refractivity contribution in [3.8, 4) is 0 Å². The molecule has 108 valence electrons. The lowest BCUT2D eigenvalue weighted by Crippen LogP contribution is -2.48. The minimum Gasteiger partial charge on any atom is -0.480 e. The number of aromatic amines is 1. The van der Waals surface area contributed by atoms with Crippen molar-refractivity contribution < 1.29 is 14.7 Å². The summed E-state index contributed by atoms with van der Waals surface area (Å²) in [6, 6.07) is 5.59. The number of nitrogens with two attached hydrogens (primary N) is 1. The predicted octanol–water partition coefficient (Wildman–Crippen LogP) is 0.644. The fraction of sp³-hybridized carbons (Fsp3) is 0.214. The number of hydrogen-bond acceptors (Lipinski definition) is 4. The molecule has 0 aliphatic carbocycles. The minimum atomic E-state index is -1.04. The molecule has 0 saturated heterocycles. The number of amides is 1. The molecule has 7 nitrogen and oxygen atoms in total. The van der Waals surface area contributed by atoms with Gasteiger partial charge >= 0.3 is 5.97 Å². The van der Waals surface area contributed by atoms with Crippen molar-refractivity contribution in [3.63, 3.8) is 0 Å². The van der Waals surface area contributed by atoms with E-state index in [0.29, 0.717) is 16.9 Å². The highest BCUT2D eigenvalue weighted by Gasteiger charge is 2.36. The second kappa shape index (κ2) is 4.93. The zero-order valence-corrected chi connectivity index (χ0v) is 11.1. The highest BCUT2D eigenvalue weighted by Crippen LogP contribution is 2.23. The summed E-state index contributed by atoms with van der Waals surface area (Å²) in [6.07, 6.45) is 1.71. The molecule has 1 aromatic heterocycles. The van der Waals surface area contributed by atoms with Crippen molar-refractivity contribution >= 4 is 17.6 Å². The Morgan fingerprint density at radius 2 is 2.24 bits per heavy atom. The van der Waals surface area contributed by atoms with E-state index < -0.39 is 12.0 Å². The van der Waals surface area contributed by atoms with E-state index in [0.717, 1.165) is 5.69 Å². The Balaban J connectivity index is 1.95. The third-order valence-electron chi connectivity index (χ3n) is 3.58. The first-order chi connectivity index (χ1) is 10.1. The second-order valence-electron chi connectivity index (χ2n) is 4.94. The number of benzene rings is 1. The number of nitrogen functional groups attached to an aromatic ring is 1. The maximum Gasteiger partial charge on any atom is 0.326 e. The van der Waals surface area contributed by atoms with E-state index in [1.54, 1.807) is 24.3 Å². The largest absolute Gasteiger partial charge is 0.480 e. The first kappa shape index (κ1) is 13.2. The standard InChI is InChI=1S/C14H14N4O3/c15-9-3-1-2-8(4-9)13(19)18-6-11-10(16-7-17-11)5-12(18)14(20)21/h1-4,7,12H,5-6,15H2,(H,16,17)(H,20,21). The van der Waals surface area contributed by atoms with E-state index in [1.807, 2.05) is 0 Å². The number of carboxylic acid groups (broad SMARTS) is 1. The van der Waals surface area contributed by atoms with Crippen LogP contribution in [0.1, 0.15) is 21.7 Å². The van der Waals surface area contributed by atoms with Crippen molar-refractivity contribution in [2.75, 3.05) is 5.73 Å². The molecular formula is C14H14N4O3. The molecule has 2 aromatic rings. The van der Waals surface area contributed by atoms with Gasteiger partial charge in [-0.25, -0.2) is 9.78 Å². The summed E-state index contributed by atoms with van der Waals surface area (Å²) < 4.78 is 0. The third kappa shape index (κ3) is 2.33. The first-order valence-electron chi connectivity index (χ1n) is 6.46. The van der Waals surface area contributed by atoms with Crippen LogP contribution in [0, 0.1) is 0 Å². The van der Waals surface area contributed by atoms with Gasteiger partial charge in [0.15, 0.2) is 0 Å². The number of imidazole rings is 1. The Kier molecular flexibility index (Phi) is 3.09. The number of hydrogen-bond donors (Lipinski definition) is 3. The number of nitrogens with zero attached hydrogens (tertiary/aromatic N) is 2. The summed E-state index contributed by atoms with van der Waals surface area (Å²) in [7, 11) is 0. The smallest absolute Gasteiger partial charge is 0.326 e. The molecule has 0 bridgehead atoms. The highest BCUT2D eigenvalue weighted by molar-refractivity contribution is 5.97. The number of nitrogens with one attached hydrogen (secondary N) is 1. The van der Waals surface area contributed by atoms with Crippen LogP contribution in [0.2, 0.25) is 0 Å². The molecule has 1 aromatic carbocycles. The number of rotatable bonds is 2. The molecular weight excluding hydrogens is 272 g/mol. The molecule has 1 atom stereocenters. The van der Waals surface area contributed by atoms with Gasteiger partial charge in [-0.2, -0.15) is 0 Å². The normalized spacial score (nSPS) is 17.3. The monoisotopic (exact) mass is 286 g/mol. The molecule has 0 spiro atoms. The van der Waals surface area contributed by atoms with E-state index in [2.05, 4.69) is 9.97 Å². The van der Waals surface area contributed by atoms with Crippen LogP contribution in [0.5, 0.6) is 0 Å². The molecule has 0 saturated carbocycles. The Morgan fingerprint density at radius 1 is 1.43 bits per heavy atom. The van der Waals surface area contributed by atoms with E-state index in [9.17, 15) is 14.7 Å². The van der Waals surface area contributed by atoms with Crippen molar-refractivity contribution in [1.82, 2.24) is 14.9 Å². The maximum atomic E-state index is 12.6. The lowest BCUT2D eigenvalue weighted by Gasteiger charge is -2.32. The highest BCUT2D eigenvalue weighted by atomic mass is 16.4. The van der Waals surface area contributed by atoms with Gasteiger partial charge in [0.2, 0.25) is 0 Å². The van der Waals surface area contributed by atoms with Gasteiger partial charge in [0.1, 0.15) is 6.04 Å². The number of aliphatic carboxylic acids is 1. The molecule has 0 fully saturated rings. The third-order valence-corrected chi connectivity index (χ3v) is 3.58. The van der Waals surface area contributed by atoms with Crippen LogP contribution < -0.4 is 5.73 Å². The number of anilines is 1. The van der Waals surface area contributed by atoms with Crippen molar-refractivity contribution in [3.05, 3.63) is 47.5 Å². The predicted molar refractivity (Wildman–Crippen MR) is 74.4 cm³/mol. The Hall–Kier alpha value is -2.83. The second-order valence-corrected chi connectivity index (χ2v) is 4.94. The molecule has 1 amide bonds. The molecule has 21 heavy (non-hydrogen) atoms. The number of aromatic nitrogens is 2. The van der Waals surface area contributed by atoms with Crippen LogP contribution in [-0.4, -0.2) is 37.9 Å². The molecule has 1 aliphatic rings. The summed E-state index contributed by atoms with van der Waals surface area (Å²) in [5, 5.41) is 9.37. The summed E-state index contributed by atoms with van der Waals surface area (Å²) in [4.78, 5) is 32.4. The van der Waals surface area contributed by atoms with Crippen LogP contribution in [0.4, 0.5) is 5.69 Å². The fourth-order valence-corrected chi connectivity index (χ4v) is 2.51. The van der Waals surface area contributed by atoms with Gasteiger partial charge in [0, 0.05) is 17.7 Å². The summed E-state index contributed by atoms with van der Waals surface area (Å²) >= 11 is 0. The van der Waals surface area contributed by atoms with Gasteiger partial charge in [-0.05, 0) is 18.2 Å². The topological polar surface area (TPSA) is 112 Å². The fourth-order valence-electron chi connectivity index (χ4n) is 2.51. The van der Waals surface area contributed by atoms with Gasteiger partial charge in [-0.1, -0.05) is 6.07 Å². The van der Waals surface area contributed by atoms with Gasteiger partial charge in [-0.15, -0.1) is 0 Å². The van der Waals surface area contributed by atoms with Crippen molar-refractivity contribution in [2.24, 2.45) is 0 Å². The Labute approximate surface area is 120 Å². The van der Waals surface area contributed by atoms with E-state index in [-0.39, 0.29) is 18.9 Å². The van der Waals surface area contributed by atoms with Crippen molar-refractivity contribution in [2.45, 2.75) is 19.0 Å². The molecule has 3 rings (SSSR count). The van der Waals surface area contributed by atoms with Crippen LogP contribution in [-0.2, 0) is 17.8 Å². The first-order valence-corrected chi connectivity index (χ1v) is 6.46. The zero-order chi connectivity index (χ0) is 15.0. The molecule has 1 unspecified atom stereocenters. The molecule has 4 N–H and O–H groups in total. The summed E-state index contributed by atoms with van der Waals surface area (Å²) in [5.74, 6) is -1.39. The van der Waals surface area contributed by atoms with Crippen LogP contribution in [0.15, 0.2) is 30.6 Å². The van der Waals surface area contributed by atoms with Crippen LogP contribution in [0.3, 0.4) is 0 Å². The lowest BCUT2D eigenvalue weighted by atomic mass is 10.0. The maximum absolute atomic E-state index is 12.6. The zero-order valence-electron chi connectivity index (χ0n) is 11.1. The summed E-state index contributed by atoms with van der Waals surface area (Å²) in [6.45, 7) is 0.194. The molecule has 0 radical (unpaired) electrons. The summed E-state index contributed by atoms with van der Waals surface area (Å²) in [5.41, 5.74) is 7.98. The molecule has 7 heteroatoms. The Bertz CT molecular complexity index is 710. The number of fused-ring (bicyclic) bond motifs is 1. The van der Waals surface area contributed by atoms with Gasteiger partial charge < -0.3 is 20.7 Å².